The standard InChI is InChI=1S/C21H24NO5.ClH/c1-22-7-6-12-8-17-18(27-11-26-17)9-14(12)19(22)20(23)13-4-5-16(24-2)21(25-3)15(13)10-22;/h4-5,8-9,19-20,23H,6-7,10-11H2,1-3H3;1H/q+1;/p-1/t19-,20+,22+;/m1./s1. The van der Waals surface area contributed by atoms with Crippen LogP contribution in [0.2, 0.25) is 0 Å². The Labute approximate surface area is 170 Å². The minimum Gasteiger partial charge on any atom is -1.00 e. The van der Waals surface area contributed by atoms with Gasteiger partial charge in [-0.1, -0.05) is 6.07 Å². The minimum absolute atomic E-state index is 0. The Morgan fingerprint density at radius 3 is 2.54 bits per heavy atom. The number of ether oxygens (including phenoxy) is 4. The Hall–Kier alpha value is -2.15. The smallest absolute Gasteiger partial charge is 0.231 e. The Morgan fingerprint density at radius 2 is 1.82 bits per heavy atom. The summed E-state index contributed by atoms with van der Waals surface area (Å²) < 4.78 is 23.0. The third kappa shape index (κ3) is 2.55. The van der Waals surface area contributed by atoms with Gasteiger partial charge >= 0.3 is 0 Å². The van der Waals surface area contributed by atoms with Gasteiger partial charge in [-0.25, -0.2) is 0 Å². The first kappa shape index (κ1) is 19.2. The van der Waals surface area contributed by atoms with E-state index in [1.54, 1.807) is 14.2 Å². The lowest BCUT2D eigenvalue weighted by molar-refractivity contribution is -0.960. The molecule has 3 aliphatic heterocycles. The average Bonchev–Trinajstić information content (AvgIpc) is 3.12. The fourth-order valence-electron chi connectivity index (χ4n) is 5.01. The molecule has 6 nitrogen and oxygen atoms in total. The van der Waals surface area contributed by atoms with Crippen LogP contribution in [0.3, 0.4) is 0 Å². The molecule has 0 spiro atoms. The minimum atomic E-state index is -0.627. The molecule has 0 bridgehead atoms. The van der Waals surface area contributed by atoms with Crippen LogP contribution in [0, 0.1) is 0 Å². The van der Waals surface area contributed by atoms with Crippen LogP contribution in [-0.4, -0.2) is 44.2 Å². The summed E-state index contributed by atoms with van der Waals surface area (Å²) in [5.41, 5.74) is 4.34. The van der Waals surface area contributed by atoms with Crippen LogP contribution in [0.4, 0.5) is 0 Å². The number of quaternary nitrogens is 1. The summed E-state index contributed by atoms with van der Waals surface area (Å²) >= 11 is 0. The zero-order chi connectivity index (χ0) is 18.8. The second-order valence-electron chi connectivity index (χ2n) is 7.77. The maximum Gasteiger partial charge on any atom is 0.231 e. The van der Waals surface area contributed by atoms with E-state index in [0.717, 1.165) is 57.9 Å². The van der Waals surface area contributed by atoms with E-state index in [0.29, 0.717) is 5.75 Å². The van der Waals surface area contributed by atoms with Gasteiger partial charge in [-0.2, -0.15) is 0 Å². The number of aliphatic hydroxyl groups is 1. The zero-order valence-corrected chi connectivity index (χ0v) is 17.0. The lowest BCUT2D eigenvalue weighted by Crippen LogP contribution is -3.00. The summed E-state index contributed by atoms with van der Waals surface area (Å²) in [6.45, 7) is 1.98. The van der Waals surface area contributed by atoms with Crippen LogP contribution in [0.1, 0.15) is 34.4 Å². The fraction of sp³-hybridized carbons (Fsp3) is 0.429. The first-order valence-electron chi connectivity index (χ1n) is 9.24. The van der Waals surface area contributed by atoms with Gasteiger partial charge in [0, 0.05) is 12.0 Å². The van der Waals surface area contributed by atoms with Crippen molar-refractivity contribution in [2.24, 2.45) is 0 Å². The van der Waals surface area contributed by atoms with E-state index in [9.17, 15) is 5.11 Å². The van der Waals surface area contributed by atoms with E-state index in [2.05, 4.69) is 19.2 Å². The van der Waals surface area contributed by atoms with E-state index < -0.39 is 6.10 Å². The molecule has 150 valence electrons. The van der Waals surface area contributed by atoms with Gasteiger partial charge in [0.05, 0.1) is 33.4 Å². The summed E-state index contributed by atoms with van der Waals surface area (Å²) in [4.78, 5) is 0. The van der Waals surface area contributed by atoms with Gasteiger partial charge in [0.25, 0.3) is 0 Å². The highest BCUT2D eigenvalue weighted by Gasteiger charge is 2.50. The molecule has 0 saturated carbocycles. The molecular weight excluding hydrogens is 382 g/mol. The molecule has 3 aliphatic rings. The van der Waals surface area contributed by atoms with Crippen molar-refractivity contribution in [2.75, 3.05) is 34.6 Å². The number of likely N-dealkylation sites (N-methyl/N-ethyl adjacent to an activating group) is 1. The SMILES string of the molecule is COc1ccc2c(c1OC)C[N@+]1(C)CCc3cc4c(cc3[C@@H]1[C@H]2O)OCO4.[Cl-]. The van der Waals surface area contributed by atoms with Gasteiger partial charge in [0.2, 0.25) is 6.79 Å². The number of hydrogen-bond acceptors (Lipinski definition) is 5. The molecule has 0 fully saturated rings. The molecule has 0 aromatic heterocycles. The predicted molar refractivity (Wildman–Crippen MR) is 98.3 cm³/mol. The van der Waals surface area contributed by atoms with E-state index in [1.165, 1.54) is 5.56 Å². The van der Waals surface area contributed by atoms with Crippen molar-refractivity contribution < 1.29 is 40.9 Å². The highest BCUT2D eigenvalue weighted by molar-refractivity contribution is 5.54. The number of fused-ring (bicyclic) bond motifs is 5. The fourth-order valence-corrected chi connectivity index (χ4v) is 5.01. The van der Waals surface area contributed by atoms with Gasteiger partial charge < -0.3 is 40.9 Å². The van der Waals surface area contributed by atoms with Gasteiger partial charge in [0.15, 0.2) is 23.0 Å². The van der Waals surface area contributed by atoms with Crippen LogP contribution in [-0.2, 0) is 13.0 Å². The highest BCUT2D eigenvalue weighted by Crippen LogP contribution is 2.53. The molecule has 0 amide bonds. The quantitative estimate of drug-likeness (QED) is 0.697. The van der Waals surface area contributed by atoms with Gasteiger partial charge in [-0.05, 0) is 29.3 Å². The predicted octanol–water partition coefficient (Wildman–Crippen LogP) is -0.272. The van der Waals surface area contributed by atoms with Crippen molar-refractivity contribution in [1.29, 1.82) is 0 Å². The van der Waals surface area contributed by atoms with Gasteiger partial charge in [-0.3, -0.25) is 0 Å². The van der Waals surface area contributed by atoms with Crippen molar-refractivity contribution >= 4 is 0 Å². The number of hydrogen-bond donors (Lipinski definition) is 1. The molecule has 0 radical (unpaired) electrons. The topological polar surface area (TPSA) is 57.2 Å². The second-order valence-corrected chi connectivity index (χ2v) is 7.77. The maximum atomic E-state index is 11.4. The van der Waals surface area contributed by atoms with Gasteiger partial charge in [-0.15, -0.1) is 0 Å². The summed E-state index contributed by atoms with van der Waals surface area (Å²) in [6.07, 6.45) is 0.311. The Bertz CT molecular complexity index is 933. The molecule has 7 heteroatoms. The number of methoxy groups -OCH3 is 2. The van der Waals surface area contributed by atoms with E-state index >= 15 is 0 Å². The molecule has 0 aliphatic carbocycles. The first-order valence-corrected chi connectivity index (χ1v) is 9.24. The Balaban J connectivity index is 0.00000192. The number of aliphatic hydroxyl groups excluding tert-OH is 1. The summed E-state index contributed by atoms with van der Waals surface area (Å²) in [5.74, 6) is 3.01. The molecule has 28 heavy (non-hydrogen) atoms. The van der Waals surface area contributed by atoms with Crippen molar-refractivity contribution in [2.45, 2.75) is 25.1 Å². The third-order valence-electron chi connectivity index (χ3n) is 6.34. The van der Waals surface area contributed by atoms with Crippen LogP contribution in [0.5, 0.6) is 23.0 Å². The lowest BCUT2D eigenvalue weighted by Gasteiger charge is -2.50. The number of benzene rings is 2. The summed E-state index contributed by atoms with van der Waals surface area (Å²) in [6, 6.07) is 7.94. The van der Waals surface area contributed by atoms with E-state index in [4.69, 9.17) is 18.9 Å². The van der Waals surface area contributed by atoms with Crippen molar-refractivity contribution in [1.82, 2.24) is 0 Å². The molecule has 3 heterocycles. The molecular formula is C21H24ClNO5. The van der Waals surface area contributed by atoms with E-state index in [-0.39, 0.29) is 25.2 Å². The number of nitrogens with zero attached hydrogens (tertiary/aromatic N) is 1. The zero-order valence-electron chi connectivity index (χ0n) is 16.2. The normalized spacial score (nSPS) is 26.4. The molecule has 5 rings (SSSR count). The average molecular weight is 406 g/mol. The second kappa shape index (κ2) is 6.72. The van der Waals surface area contributed by atoms with Gasteiger partial charge in [0.1, 0.15) is 18.7 Å². The Morgan fingerprint density at radius 1 is 1.07 bits per heavy atom. The van der Waals surface area contributed by atoms with Crippen molar-refractivity contribution in [3.05, 3.63) is 46.5 Å². The van der Waals surface area contributed by atoms with E-state index in [1.807, 2.05) is 12.1 Å². The molecule has 3 atom stereocenters. The molecule has 1 N–H and O–H groups in total. The maximum absolute atomic E-state index is 11.4. The molecule has 2 aromatic carbocycles. The van der Waals surface area contributed by atoms with Crippen molar-refractivity contribution in [3.63, 3.8) is 0 Å². The number of halogens is 1. The van der Waals surface area contributed by atoms with Crippen LogP contribution < -0.4 is 31.4 Å². The monoisotopic (exact) mass is 405 g/mol. The highest BCUT2D eigenvalue weighted by atomic mass is 35.5. The first-order chi connectivity index (χ1) is 13.1. The van der Waals surface area contributed by atoms with Crippen LogP contribution >= 0.6 is 0 Å². The van der Waals surface area contributed by atoms with Crippen molar-refractivity contribution in [3.8, 4) is 23.0 Å². The van der Waals surface area contributed by atoms with Crippen LogP contribution in [0.25, 0.3) is 0 Å². The Kier molecular flexibility index (Phi) is 4.61. The summed E-state index contributed by atoms with van der Waals surface area (Å²) in [7, 11) is 5.51. The number of rotatable bonds is 2. The largest absolute Gasteiger partial charge is 1.00 e. The summed E-state index contributed by atoms with van der Waals surface area (Å²) in [5, 5.41) is 11.4. The molecule has 0 saturated heterocycles. The molecule has 2 aromatic rings. The molecule has 0 unspecified atom stereocenters. The van der Waals surface area contributed by atoms with Crippen LogP contribution in [0.15, 0.2) is 24.3 Å². The lowest BCUT2D eigenvalue weighted by atomic mass is 9.79. The third-order valence-corrected chi connectivity index (χ3v) is 6.34.